The molecule has 1 heterocycles. The summed E-state index contributed by atoms with van der Waals surface area (Å²) in [6, 6.07) is 0. The van der Waals surface area contributed by atoms with Crippen LogP contribution in [0.15, 0.2) is 31.4 Å². The first-order valence-corrected chi connectivity index (χ1v) is 4.83. The van der Waals surface area contributed by atoms with Gasteiger partial charge in [-0.1, -0.05) is 40.2 Å². The number of nitrogens with one attached hydrogen (secondary N) is 1. The van der Waals surface area contributed by atoms with Gasteiger partial charge in [0.1, 0.15) is 0 Å². The first-order valence-electron chi connectivity index (χ1n) is 4.83. The summed E-state index contributed by atoms with van der Waals surface area (Å²) in [7, 11) is 0. The van der Waals surface area contributed by atoms with Crippen LogP contribution in [0.5, 0.6) is 0 Å². The van der Waals surface area contributed by atoms with Crippen LogP contribution >= 0.6 is 0 Å². The molecule has 2 heteroatoms. The zero-order chi connectivity index (χ0) is 10.9. The van der Waals surface area contributed by atoms with Gasteiger partial charge in [0.15, 0.2) is 0 Å². The van der Waals surface area contributed by atoms with Crippen molar-refractivity contribution in [3.63, 3.8) is 0 Å². The lowest BCUT2D eigenvalue weighted by atomic mass is 10.6. The lowest BCUT2D eigenvalue weighted by Crippen LogP contribution is -1.44. The molecule has 0 spiro atoms. The molecule has 0 aromatic carbocycles. The Bertz CT molecular complexity index is 105. The van der Waals surface area contributed by atoms with Crippen molar-refractivity contribution in [1.29, 1.82) is 0 Å². The van der Waals surface area contributed by atoms with Crippen LogP contribution < -0.4 is 0 Å². The van der Waals surface area contributed by atoms with Gasteiger partial charge in [-0.05, 0) is 6.92 Å². The minimum atomic E-state index is 1.25. The molecular formula is C11H24N2. The van der Waals surface area contributed by atoms with Crippen LogP contribution in [0.25, 0.3) is 0 Å². The number of hydrogen-bond acceptors (Lipinski definition) is 1. The number of allylic oxidation sites excluding steroid dienone is 1. The molecule has 0 saturated carbocycles. The number of nitrogens with zero attached hydrogens (tertiary/aromatic N) is 1. The summed E-state index contributed by atoms with van der Waals surface area (Å²) >= 11 is 0. The monoisotopic (exact) mass is 184 g/mol. The Kier molecular flexibility index (Phi) is 42.1. The minimum absolute atomic E-state index is 1.25. The summed E-state index contributed by atoms with van der Waals surface area (Å²) in [6.07, 6.45) is 8.08. The van der Waals surface area contributed by atoms with Crippen LogP contribution in [0.2, 0.25) is 0 Å². The average molecular weight is 184 g/mol. The third-order valence-corrected chi connectivity index (χ3v) is 0.406. The van der Waals surface area contributed by atoms with E-state index in [1.807, 2.05) is 20.8 Å². The van der Waals surface area contributed by atoms with Gasteiger partial charge in [-0.25, -0.2) is 4.98 Å². The van der Waals surface area contributed by atoms with E-state index in [4.69, 9.17) is 0 Å². The number of aromatic nitrogens is 2. The van der Waals surface area contributed by atoms with Gasteiger partial charge in [0.2, 0.25) is 0 Å². The van der Waals surface area contributed by atoms with Crippen molar-refractivity contribution >= 4 is 0 Å². The van der Waals surface area contributed by atoms with E-state index in [0.717, 1.165) is 0 Å². The predicted octanol–water partition coefficient (Wildman–Crippen LogP) is 4.04. The van der Waals surface area contributed by atoms with Crippen molar-refractivity contribution in [2.45, 2.75) is 41.0 Å². The third-order valence-electron chi connectivity index (χ3n) is 0.406. The molecule has 13 heavy (non-hydrogen) atoms. The molecule has 0 unspecified atom stereocenters. The Balaban J connectivity index is -0.000000112. The second kappa shape index (κ2) is 30.6. The lowest BCUT2D eigenvalue weighted by Gasteiger charge is -1.48. The topological polar surface area (TPSA) is 28.7 Å². The Labute approximate surface area is 83.1 Å². The zero-order valence-corrected chi connectivity index (χ0v) is 9.67. The summed E-state index contributed by atoms with van der Waals surface area (Å²) in [5, 5.41) is 0. The molecule has 0 fully saturated rings. The highest BCUT2D eigenvalue weighted by Crippen LogP contribution is 1.62. The van der Waals surface area contributed by atoms with E-state index < -0.39 is 0 Å². The summed E-state index contributed by atoms with van der Waals surface area (Å²) < 4.78 is 0. The van der Waals surface area contributed by atoms with E-state index in [9.17, 15) is 0 Å². The quantitative estimate of drug-likeness (QED) is 0.605. The fourth-order valence-corrected chi connectivity index (χ4v) is 0.215. The molecule has 0 radical (unpaired) electrons. The van der Waals surface area contributed by atoms with E-state index in [2.05, 4.69) is 30.4 Å². The number of H-pyrrole nitrogens is 1. The molecule has 1 aromatic rings. The second-order valence-corrected chi connectivity index (χ2v) is 1.88. The molecular weight excluding hydrogens is 160 g/mol. The lowest BCUT2D eigenvalue weighted by molar-refractivity contribution is 1.09. The van der Waals surface area contributed by atoms with Crippen molar-refractivity contribution in [2.24, 2.45) is 0 Å². The summed E-state index contributed by atoms with van der Waals surface area (Å²) in [5.74, 6) is 0. The molecule has 78 valence electrons. The molecule has 0 saturated heterocycles. The van der Waals surface area contributed by atoms with Gasteiger partial charge < -0.3 is 4.98 Å². The molecule has 0 amide bonds. The fourth-order valence-electron chi connectivity index (χ4n) is 0.215. The van der Waals surface area contributed by atoms with Crippen LogP contribution in [-0.4, -0.2) is 9.97 Å². The molecule has 1 aromatic heterocycles. The Hall–Kier alpha value is -1.05. The third kappa shape index (κ3) is 56.2. The highest BCUT2D eigenvalue weighted by atomic mass is 14.8. The average Bonchev–Trinajstić information content (AvgIpc) is 2.66. The molecule has 0 bridgehead atoms. The van der Waals surface area contributed by atoms with Crippen molar-refractivity contribution in [3.05, 3.63) is 31.4 Å². The number of aromatic amines is 1. The summed E-state index contributed by atoms with van der Waals surface area (Å²) in [4.78, 5) is 6.42. The number of hydrogen-bond donors (Lipinski definition) is 1. The molecule has 1 rings (SSSR count). The van der Waals surface area contributed by atoms with Gasteiger partial charge in [0, 0.05) is 12.4 Å². The van der Waals surface area contributed by atoms with Crippen LogP contribution in [-0.2, 0) is 0 Å². The Morgan fingerprint density at radius 3 is 1.85 bits per heavy atom. The highest BCUT2D eigenvalue weighted by Gasteiger charge is 1.56. The smallest absolute Gasteiger partial charge is 0.0919 e. The maximum Gasteiger partial charge on any atom is 0.0919 e. The van der Waals surface area contributed by atoms with E-state index in [1.165, 1.54) is 6.42 Å². The maximum absolute atomic E-state index is 3.67. The van der Waals surface area contributed by atoms with Gasteiger partial charge in [0.05, 0.1) is 6.33 Å². The van der Waals surface area contributed by atoms with Crippen LogP contribution in [0, 0.1) is 0 Å². The highest BCUT2D eigenvalue weighted by molar-refractivity contribution is 4.64. The minimum Gasteiger partial charge on any atom is -0.351 e. The predicted molar refractivity (Wildman–Crippen MR) is 61.8 cm³/mol. The van der Waals surface area contributed by atoms with Crippen LogP contribution in [0.3, 0.4) is 0 Å². The van der Waals surface area contributed by atoms with Crippen molar-refractivity contribution in [2.75, 3.05) is 0 Å². The van der Waals surface area contributed by atoms with E-state index in [1.54, 1.807) is 24.8 Å². The maximum atomic E-state index is 3.67. The molecule has 0 aliphatic carbocycles. The molecule has 2 nitrogen and oxygen atoms in total. The first-order chi connectivity index (χ1) is 6.33. The first kappa shape index (κ1) is 17.9. The molecule has 1 N–H and O–H groups in total. The van der Waals surface area contributed by atoms with Gasteiger partial charge >= 0.3 is 0 Å². The van der Waals surface area contributed by atoms with Gasteiger partial charge in [0.25, 0.3) is 0 Å². The van der Waals surface area contributed by atoms with Gasteiger partial charge in [-0.3, -0.25) is 0 Å². The van der Waals surface area contributed by atoms with Crippen molar-refractivity contribution in [3.8, 4) is 0 Å². The van der Waals surface area contributed by atoms with E-state index >= 15 is 0 Å². The number of rotatable bonds is 0. The van der Waals surface area contributed by atoms with Crippen molar-refractivity contribution in [1.82, 2.24) is 9.97 Å². The molecule has 0 atom stereocenters. The SMILES string of the molecule is C=CC.CC.CCC.c1c[nH]cn1. The fraction of sp³-hybridized carbons (Fsp3) is 0.545. The van der Waals surface area contributed by atoms with E-state index in [0.29, 0.717) is 0 Å². The van der Waals surface area contributed by atoms with E-state index in [-0.39, 0.29) is 0 Å². The van der Waals surface area contributed by atoms with Crippen LogP contribution in [0.1, 0.15) is 41.0 Å². The largest absolute Gasteiger partial charge is 0.351 e. The second-order valence-electron chi connectivity index (χ2n) is 1.88. The van der Waals surface area contributed by atoms with Gasteiger partial charge in [-0.2, -0.15) is 0 Å². The standard InChI is InChI=1S/C3H4N2.C3H8.C3H6.C2H6/c1-2-5-3-4-1;2*1-3-2;1-2/h1-3H,(H,4,5);3H2,1-2H3;3H,1H2,2H3;1-2H3. The van der Waals surface area contributed by atoms with Gasteiger partial charge in [-0.15, -0.1) is 6.58 Å². The number of imidazole rings is 1. The van der Waals surface area contributed by atoms with Crippen LogP contribution in [0.4, 0.5) is 0 Å². The molecule has 0 aliphatic heterocycles. The summed E-state index contributed by atoms with van der Waals surface area (Å²) in [6.45, 7) is 13.5. The Morgan fingerprint density at radius 1 is 1.38 bits per heavy atom. The normalized spacial score (nSPS) is 5.92. The van der Waals surface area contributed by atoms with Crippen molar-refractivity contribution < 1.29 is 0 Å². The molecule has 0 aliphatic rings. The zero-order valence-electron chi connectivity index (χ0n) is 9.67. The summed E-state index contributed by atoms with van der Waals surface area (Å²) in [5.41, 5.74) is 0. The Morgan fingerprint density at radius 2 is 1.77 bits per heavy atom.